The molecule has 10 aromatic rings. The molecule has 0 saturated carbocycles. The van der Waals surface area contributed by atoms with Crippen LogP contribution < -0.4 is 0 Å². The third kappa shape index (κ3) is 6.58. The first-order chi connectivity index (χ1) is 26.9. The Bertz CT molecular complexity index is 3040. The van der Waals surface area contributed by atoms with Crippen LogP contribution in [0.3, 0.4) is 0 Å². The lowest BCUT2D eigenvalue weighted by Gasteiger charge is -2.27. The van der Waals surface area contributed by atoms with Gasteiger partial charge in [-0.05, 0) is 86.8 Å². The Morgan fingerprint density at radius 3 is 1.85 bits per heavy atom. The SMILES string of the molecule is Cc1ccc(C2(C)C=CC=CC2)cc1.Cc1ccc2c3c4sc5ccccc5c4ccc3n(-c3ccccc3)c2c1.Cc1ccc2sc3ccccc3c2c1. The van der Waals surface area contributed by atoms with Gasteiger partial charge in [-0.3, -0.25) is 0 Å². The highest BCUT2D eigenvalue weighted by molar-refractivity contribution is 7.27. The topological polar surface area (TPSA) is 4.93 Å². The Morgan fingerprint density at radius 1 is 0.491 bits per heavy atom. The highest BCUT2D eigenvalue weighted by Crippen LogP contribution is 2.43. The van der Waals surface area contributed by atoms with Gasteiger partial charge in [-0.25, -0.2) is 0 Å². The third-order valence-corrected chi connectivity index (χ3v) is 13.3. The van der Waals surface area contributed by atoms with E-state index in [1.807, 2.05) is 22.7 Å². The van der Waals surface area contributed by atoms with Crippen molar-refractivity contribution in [3.63, 3.8) is 0 Å². The van der Waals surface area contributed by atoms with Crippen molar-refractivity contribution in [2.75, 3.05) is 0 Å². The summed E-state index contributed by atoms with van der Waals surface area (Å²) in [6.45, 7) is 8.73. The van der Waals surface area contributed by atoms with Gasteiger partial charge in [-0.1, -0.05) is 145 Å². The molecule has 0 aliphatic heterocycles. The van der Waals surface area contributed by atoms with Crippen LogP contribution >= 0.6 is 22.7 Å². The van der Waals surface area contributed by atoms with Gasteiger partial charge >= 0.3 is 0 Å². The Morgan fingerprint density at radius 2 is 1.11 bits per heavy atom. The van der Waals surface area contributed by atoms with Crippen LogP contribution in [0, 0.1) is 20.8 Å². The van der Waals surface area contributed by atoms with E-state index in [-0.39, 0.29) is 5.41 Å². The highest BCUT2D eigenvalue weighted by Gasteiger charge is 2.23. The van der Waals surface area contributed by atoms with Crippen molar-refractivity contribution in [2.24, 2.45) is 0 Å². The minimum Gasteiger partial charge on any atom is -0.309 e. The summed E-state index contributed by atoms with van der Waals surface area (Å²) in [5.74, 6) is 0. The molecule has 0 fully saturated rings. The zero-order chi connectivity index (χ0) is 37.5. The molecule has 0 saturated heterocycles. The maximum absolute atomic E-state index is 2.40. The standard InChI is InChI=1S/C25H17NS.C14H16.C13H10S/c1-16-11-12-20-22(15-16)26(17-7-3-2-4-8-17)21-14-13-19-18-9-5-6-10-23(18)27-25(19)24(20)21;1-12-6-8-13(9-7-12)14(2)10-4-3-5-11-14;1-9-6-7-13-11(8-9)10-4-2-3-5-12(10)14-13/h2-15H,1H3;3-10H,11H2,1-2H3;2-8H,1H3. The molecule has 1 aliphatic rings. The van der Waals surface area contributed by atoms with E-state index in [0.717, 1.165) is 6.42 Å². The van der Waals surface area contributed by atoms with Gasteiger partial charge in [0.1, 0.15) is 0 Å². The molecule has 3 heteroatoms. The zero-order valence-electron chi connectivity index (χ0n) is 31.7. The first kappa shape index (κ1) is 35.0. The second kappa shape index (κ2) is 14.5. The number of fused-ring (bicyclic) bond motifs is 10. The molecule has 0 radical (unpaired) electrons. The molecule has 7 aromatic carbocycles. The Labute approximate surface area is 331 Å². The van der Waals surface area contributed by atoms with Crippen LogP contribution in [0.4, 0.5) is 0 Å². The molecule has 3 heterocycles. The molecular weight excluding hydrogens is 703 g/mol. The van der Waals surface area contributed by atoms with Crippen molar-refractivity contribution in [1.29, 1.82) is 0 Å². The van der Waals surface area contributed by atoms with Gasteiger partial charge in [0.25, 0.3) is 0 Å². The van der Waals surface area contributed by atoms with Gasteiger partial charge < -0.3 is 4.57 Å². The van der Waals surface area contributed by atoms with Crippen molar-refractivity contribution in [3.05, 3.63) is 198 Å². The van der Waals surface area contributed by atoms with Crippen LogP contribution in [0.1, 0.15) is 35.6 Å². The van der Waals surface area contributed by atoms with Crippen molar-refractivity contribution in [1.82, 2.24) is 4.57 Å². The lowest BCUT2D eigenvalue weighted by Crippen LogP contribution is -2.19. The molecular formula is C52H43NS2. The number of benzene rings is 7. The fraction of sp³-hybridized carbons (Fsp3) is 0.115. The first-order valence-electron chi connectivity index (χ1n) is 19.1. The van der Waals surface area contributed by atoms with E-state index in [0.29, 0.717) is 0 Å². The van der Waals surface area contributed by atoms with Crippen LogP contribution in [0.25, 0.3) is 67.8 Å². The van der Waals surface area contributed by atoms with E-state index >= 15 is 0 Å². The first-order valence-corrected chi connectivity index (χ1v) is 20.7. The maximum atomic E-state index is 2.40. The predicted molar refractivity (Wildman–Crippen MR) is 244 cm³/mol. The molecule has 268 valence electrons. The maximum Gasteiger partial charge on any atom is 0.0555 e. The largest absolute Gasteiger partial charge is 0.309 e. The fourth-order valence-corrected chi connectivity index (χ4v) is 10.3. The van der Waals surface area contributed by atoms with Crippen LogP contribution in [-0.4, -0.2) is 4.57 Å². The van der Waals surface area contributed by atoms with Gasteiger partial charge in [0, 0.05) is 62.2 Å². The predicted octanol–water partition coefficient (Wildman–Crippen LogP) is 15.6. The number of hydrogen-bond donors (Lipinski definition) is 0. The summed E-state index contributed by atoms with van der Waals surface area (Å²) >= 11 is 3.78. The quantitative estimate of drug-likeness (QED) is 0.166. The Kier molecular flexibility index (Phi) is 9.22. The van der Waals surface area contributed by atoms with Crippen molar-refractivity contribution < 1.29 is 0 Å². The Hall–Kier alpha value is -5.74. The Balaban J connectivity index is 0.000000120. The zero-order valence-corrected chi connectivity index (χ0v) is 33.3. The summed E-state index contributed by atoms with van der Waals surface area (Å²) in [4.78, 5) is 0. The number of thiophene rings is 2. The molecule has 55 heavy (non-hydrogen) atoms. The molecule has 0 bridgehead atoms. The van der Waals surface area contributed by atoms with E-state index in [1.165, 1.54) is 90.1 Å². The van der Waals surface area contributed by atoms with E-state index in [2.05, 4.69) is 208 Å². The monoisotopic (exact) mass is 745 g/mol. The molecule has 0 spiro atoms. The molecule has 1 aliphatic carbocycles. The van der Waals surface area contributed by atoms with Gasteiger partial charge in [0.05, 0.1) is 11.0 Å². The molecule has 0 N–H and O–H groups in total. The van der Waals surface area contributed by atoms with Gasteiger partial charge in [0.2, 0.25) is 0 Å². The van der Waals surface area contributed by atoms with Crippen LogP contribution in [0.2, 0.25) is 0 Å². The minimum absolute atomic E-state index is 0.197. The number of aromatic nitrogens is 1. The second-order valence-electron chi connectivity index (χ2n) is 15.0. The third-order valence-electron chi connectivity index (χ3n) is 10.9. The normalized spacial score (nSPS) is 15.1. The number of allylic oxidation sites excluding steroid dienone is 4. The average molecular weight is 746 g/mol. The number of nitrogens with zero attached hydrogens (tertiary/aromatic N) is 1. The van der Waals surface area contributed by atoms with Gasteiger partial charge in [-0.15, -0.1) is 22.7 Å². The number of rotatable bonds is 2. The second-order valence-corrected chi connectivity index (χ2v) is 17.1. The summed E-state index contributed by atoms with van der Waals surface area (Å²) in [6, 6.07) is 54.9. The van der Waals surface area contributed by atoms with Crippen LogP contribution in [0.15, 0.2) is 176 Å². The van der Waals surface area contributed by atoms with Crippen molar-refractivity contribution >= 4 is 84.8 Å². The number of para-hydroxylation sites is 1. The smallest absolute Gasteiger partial charge is 0.0555 e. The fourth-order valence-electron chi connectivity index (χ4n) is 7.96. The molecule has 0 amide bonds. The number of hydrogen-bond acceptors (Lipinski definition) is 2. The molecule has 11 rings (SSSR count). The molecule has 1 atom stereocenters. The van der Waals surface area contributed by atoms with Crippen LogP contribution in [-0.2, 0) is 5.41 Å². The lowest BCUT2D eigenvalue weighted by molar-refractivity contribution is 0.599. The van der Waals surface area contributed by atoms with Crippen molar-refractivity contribution in [2.45, 2.75) is 39.5 Å². The average Bonchev–Trinajstić information content (AvgIpc) is 3.88. The summed E-state index contributed by atoms with van der Waals surface area (Å²) in [7, 11) is 0. The van der Waals surface area contributed by atoms with Gasteiger partial charge in [0.15, 0.2) is 0 Å². The van der Waals surface area contributed by atoms with Crippen LogP contribution in [0.5, 0.6) is 0 Å². The summed E-state index contributed by atoms with van der Waals surface area (Å²) < 4.78 is 7.91. The van der Waals surface area contributed by atoms with E-state index in [1.54, 1.807) is 0 Å². The van der Waals surface area contributed by atoms with Gasteiger partial charge in [-0.2, -0.15) is 0 Å². The number of aryl methyl sites for hydroxylation is 3. The summed E-state index contributed by atoms with van der Waals surface area (Å²) in [6.07, 6.45) is 9.89. The van der Waals surface area contributed by atoms with E-state index in [4.69, 9.17) is 0 Å². The lowest BCUT2D eigenvalue weighted by atomic mass is 9.77. The van der Waals surface area contributed by atoms with E-state index < -0.39 is 0 Å². The van der Waals surface area contributed by atoms with Crippen molar-refractivity contribution in [3.8, 4) is 5.69 Å². The summed E-state index contributed by atoms with van der Waals surface area (Å²) in [5, 5.41) is 8.19. The molecule has 3 aromatic heterocycles. The van der Waals surface area contributed by atoms with E-state index in [9.17, 15) is 0 Å². The highest BCUT2D eigenvalue weighted by atomic mass is 32.1. The molecule has 1 unspecified atom stereocenters. The minimum atomic E-state index is 0.197. The molecule has 1 nitrogen and oxygen atoms in total. The summed E-state index contributed by atoms with van der Waals surface area (Å²) in [5.41, 5.74) is 9.32.